The summed E-state index contributed by atoms with van der Waals surface area (Å²) in [6.45, 7) is 0. The molecule has 11 nitrogen and oxygen atoms in total. The van der Waals surface area contributed by atoms with Crippen molar-refractivity contribution in [1.29, 1.82) is 0 Å². The number of nitrogens with zero attached hydrogens (tertiary/aromatic N) is 3. The Bertz CT molecular complexity index is 1610. The van der Waals surface area contributed by atoms with E-state index in [0.29, 0.717) is 39.4 Å². The van der Waals surface area contributed by atoms with Gasteiger partial charge in [0.25, 0.3) is 11.8 Å². The summed E-state index contributed by atoms with van der Waals surface area (Å²) in [5.41, 5.74) is 9.37. The van der Waals surface area contributed by atoms with Crippen molar-refractivity contribution in [2.75, 3.05) is 27.0 Å². The van der Waals surface area contributed by atoms with E-state index in [1.807, 2.05) is 18.2 Å². The molecule has 3 aromatic carbocycles. The van der Waals surface area contributed by atoms with Gasteiger partial charge >= 0.3 is 6.03 Å². The van der Waals surface area contributed by atoms with Crippen LogP contribution in [-0.2, 0) is 0 Å². The fourth-order valence-electron chi connectivity index (χ4n) is 3.72. The Balaban J connectivity index is 1.15. The predicted molar refractivity (Wildman–Crippen MR) is 145 cm³/mol. The third-order valence-corrected chi connectivity index (χ3v) is 5.56. The third-order valence-electron chi connectivity index (χ3n) is 5.56. The normalized spacial score (nSPS) is 10.5. The van der Waals surface area contributed by atoms with Gasteiger partial charge in [0.15, 0.2) is 5.82 Å². The highest BCUT2D eigenvalue weighted by Crippen LogP contribution is 2.20. The molecule has 0 atom stereocenters. The first kappa shape index (κ1) is 24.0. The van der Waals surface area contributed by atoms with E-state index >= 15 is 0 Å². The molecular formula is C27H22N8O3. The Kier molecular flexibility index (Phi) is 6.63. The zero-order valence-corrected chi connectivity index (χ0v) is 19.9. The van der Waals surface area contributed by atoms with Crippen molar-refractivity contribution in [3.63, 3.8) is 0 Å². The molecule has 6 N–H and O–H groups in total. The number of carbonyl (C=O) groups excluding carboxylic acids is 3. The van der Waals surface area contributed by atoms with Crippen LogP contribution in [0.4, 0.5) is 33.4 Å². The van der Waals surface area contributed by atoms with Gasteiger partial charge in [-0.25, -0.2) is 14.3 Å². The van der Waals surface area contributed by atoms with Crippen LogP contribution in [0.3, 0.4) is 0 Å². The minimum Gasteiger partial charge on any atom is -0.382 e. The van der Waals surface area contributed by atoms with E-state index in [1.54, 1.807) is 72.9 Å². The number of benzene rings is 3. The topological polar surface area (TPSA) is 156 Å². The van der Waals surface area contributed by atoms with Crippen LogP contribution in [0.15, 0.2) is 97.5 Å². The van der Waals surface area contributed by atoms with Gasteiger partial charge < -0.3 is 27.0 Å². The van der Waals surface area contributed by atoms with Crippen molar-refractivity contribution in [3.8, 4) is 0 Å². The van der Waals surface area contributed by atoms with Crippen molar-refractivity contribution in [2.45, 2.75) is 0 Å². The van der Waals surface area contributed by atoms with Gasteiger partial charge in [0, 0.05) is 34.5 Å². The predicted octanol–water partition coefficient (Wildman–Crippen LogP) is 4.46. The largest absolute Gasteiger partial charge is 0.382 e. The molecule has 38 heavy (non-hydrogen) atoms. The molecule has 0 fully saturated rings. The molecule has 0 aliphatic rings. The van der Waals surface area contributed by atoms with Crippen LogP contribution in [0.1, 0.15) is 20.7 Å². The van der Waals surface area contributed by atoms with Crippen LogP contribution in [0.2, 0.25) is 0 Å². The Morgan fingerprint density at radius 3 is 1.87 bits per heavy atom. The second-order valence-corrected chi connectivity index (χ2v) is 8.18. The molecule has 2 heterocycles. The summed E-state index contributed by atoms with van der Waals surface area (Å²) in [7, 11) is 0. The van der Waals surface area contributed by atoms with Gasteiger partial charge in [-0.3, -0.25) is 9.59 Å². The standard InChI is InChI=1S/C27H22N8O3/c28-24-23-22(14-15-35(23)30-16-29-24)26(37)32-19-10-12-21(13-11-19)34-27(38)33-20-8-6-17(7-9-20)25(36)31-18-4-2-1-3-5-18/h1-16H,(H,31,36)(H,32,37)(H2,28,29,30)(H2,33,34,38). The van der Waals surface area contributed by atoms with Crippen LogP contribution < -0.4 is 27.0 Å². The van der Waals surface area contributed by atoms with Crippen molar-refractivity contribution >= 4 is 51.9 Å². The van der Waals surface area contributed by atoms with Gasteiger partial charge in [-0.1, -0.05) is 18.2 Å². The average molecular weight is 507 g/mol. The number of rotatable bonds is 6. The van der Waals surface area contributed by atoms with Crippen molar-refractivity contribution in [2.24, 2.45) is 0 Å². The fourth-order valence-corrected chi connectivity index (χ4v) is 3.72. The molecule has 5 aromatic rings. The Morgan fingerprint density at radius 2 is 1.21 bits per heavy atom. The number of aromatic nitrogens is 3. The van der Waals surface area contributed by atoms with Crippen LogP contribution in [0.5, 0.6) is 0 Å². The second-order valence-electron chi connectivity index (χ2n) is 8.18. The highest BCUT2D eigenvalue weighted by Gasteiger charge is 2.15. The van der Waals surface area contributed by atoms with Crippen molar-refractivity contribution < 1.29 is 14.4 Å². The highest BCUT2D eigenvalue weighted by molar-refractivity contribution is 6.10. The maximum Gasteiger partial charge on any atom is 0.323 e. The van der Waals surface area contributed by atoms with Gasteiger partial charge in [-0.2, -0.15) is 5.10 Å². The summed E-state index contributed by atoms with van der Waals surface area (Å²) in [6, 6.07) is 23.4. The van der Waals surface area contributed by atoms with Gasteiger partial charge in [-0.05, 0) is 66.7 Å². The molecule has 5 rings (SSSR count). The first-order valence-electron chi connectivity index (χ1n) is 11.5. The number of anilines is 5. The molecule has 0 spiro atoms. The molecule has 0 unspecified atom stereocenters. The van der Waals surface area contributed by atoms with Gasteiger partial charge in [0.05, 0.1) is 5.56 Å². The van der Waals surface area contributed by atoms with Gasteiger partial charge in [-0.15, -0.1) is 0 Å². The van der Waals surface area contributed by atoms with Crippen LogP contribution >= 0.6 is 0 Å². The molecular weight excluding hydrogens is 484 g/mol. The number of nitrogen functional groups attached to an aromatic ring is 1. The van der Waals surface area contributed by atoms with Gasteiger partial charge in [0.2, 0.25) is 0 Å². The van der Waals surface area contributed by atoms with E-state index in [9.17, 15) is 14.4 Å². The van der Waals surface area contributed by atoms with Crippen LogP contribution in [-0.4, -0.2) is 32.4 Å². The molecule has 188 valence electrons. The third kappa shape index (κ3) is 5.41. The summed E-state index contributed by atoms with van der Waals surface area (Å²) in [6.07, 6.45) is 2.94. The molecule has 2 aromatic heterocycles. The molecule has 4 amide bonds. The second kappa shape index (κ2) is 10.5. The van der Waals surface area contributed by atoms with Crippen LogP contribution in [0, 0.1) is 0 Å². The lowest BCUT2D eigenvalue weighted by atomic mass is 10.2. The van der Waals surface area contributed by atoms with Crippen LogP contribution in [0.25, 0.3) is 5.52 Å². The van der Waals surface area contributed by atoms with E-state index < -0.39 is 6.03 Å². The van der Waals surface area contributed by atoms with E-state index in [-0.39, 0.29) is 17.6 Å². The maximum atomic E-state index is 12.7. The summed E-state index contributed by atoms with van der Waals surface area (Å²) in [5, 5.41) is 15.1. The summed E-state index contributed by atoms with van der Waals surface area (Å²) < 4.78 is 1.48. The number of urea groups is 1. The highest BCUT2D eigenvalue weighted by atomic mass is 16.2. The van der Waals surface area contributed by atoms with E-state index in [2.05, 4.69) is 31.3 Å². The summed E-state index contributed by atoms with van der Waals surface area (Å²) in [5.74, 6) is -0.416. The molecule has 0 radical (unpaired) electrons. The first-order valence-corrected chi connectivity index (χ1v) is 11.5. The fraction of sp³-hybridized carbons (Fsp3) is 0. The average Bonchev–Trinajstić information content (AvgIpc) is 3.37. The lowest BCUT2D eigenvalue weighted by Crippen LogP contribution is -2.19. The van der Waals surface area contributed by atoms with E-state index in [1.165, 1.54) is 10.8 Å². The molecule has 0 saturated heterocycles. The Morgan fingerprint density at radius 1 is 0.658 bits per heavy atom. The molecule has 0 saturated carbocycles. The van der Waals surface area contributed by atoms with Gasteiger partial charge in [0.1, 0.15) is 11.8 Å². The van der Waals surface area contributed by atoms with Crippen molar-refractivity contribution in [3.05, 3.63) is 109 Å². The Labute approximate surface area is 216 Å². The minimum absolute atomic E-state index is 0.200. The smallest absolute Gasteiger partial charge is 0.323 e. The number of carbonyl (C=O) groups is 3. The maximum absolute atomic E-state index is 12.7. The zero-order chi connectivity index (χ0) is 26.5. The first-order chi connectivity index (χ1) is 18.5. The monoisotopic (exact) mass is 506 g/mol. The molecule has 11 heteroatoms. The molecule has 0 aliphatic heterocycles. The number of nitrogens with two attached hydrogens (primary N) is 1. The lowest BCUT2D eigenvalue weighted by Gasteiger charge is -2.10. The number of amides is 4. The number of nitrogens with one attached hydrogen (secondary N) is 4. The van der Waals surface area contributed by atoms with E-state index in [4.69, 9.17) is 5.73 Å². The Hall–Kier alpha value is -5.71. The summed E-state index contributed by atoms with van der Waals surface area (Å²) >= 11 is 0. The number of hydrogen-bond donors (Lipinski definition) is 5. The number of fused-ring (bicyclic) bond motifs is 1. The molecule has 0 bridgehead atoms. The summed E-state index contributed by atoms with van der Waals surface area (Å²) in [4.78, 5) is 41.4. The van der Waals surface area contributed by atoms with Crippen molar-refractivity contribution in [1.82, 2.24) is 14.6 Å². The van der Waals surface area contributed by atoms with E-state index in [0.717, 1.165) is 0 Å². The zero-order valence-electron chi connectivity index (χ0n) is 19.9. The number of para-hydroxylation sites is 1. The number of hydrogen-bond acceptors (Lipinski definition) is 6. The SMILES string of the molecule is Nc1ncnn2ccc(C(=O)Nc3ccc(NC(=O)Nc4ccc(C(=O)Nc5ccccc5)cc4)cc3)c12. The lowest BCUT2D eigenvalue weighted by molar-refractivity contribution is 0.101. The quantitative estimate of drug-likeness (QED) is 0.229. The molecule has 0 aliphatic carbocycles. The minimum atomic E-state index is -0.459.